The van der Waals surface area contributed by atoms with E-state index in [9.17, 15) is 4.21 Å². The summed E-state index contributed by atoms with van der Waals surface area (Å²) < 4.78 is 23.1. The number of imidazole rings is 1. The first kappa shape index (κ1) is 16.7. The van der Waals surface area contributed by atoms with Gasteiger partial charge in [-0.05, 0) is 13.0 Å². The van der Waals surface area contributed by atoms with Crippen molar-refractivity contribution in [1.29, 1.82) is 0 Å². The quantitative estimate of drug-likeness (QED) is 0.514. The molecule has 22 heavy (non-hydrogen) atoms. The zero-order valence-electron chi connectivity index (χ0n) is 12.6. The lowest BCUT2D eigenvalue weighted by molar-refractivity contribution is 0.142. The molecule has 1 heterocycles. The number of ether oxygens (including phenoxy) is 2. The van der Waals surface area contributed by atoms with Crippen molar-refractivity contribution in [3.05, 3.63) is 42.2 Å². The Labute approximate surface area is 132 Å². The van der Waals surface area contributed by atoms with Crippen molar-refractivity contribution in [1.82, 2.24) is 15.3 Å². The van der Waals surface area contributed by atoms with Crippen LogP contribution in [0.5, 0.6) is 5.75 Å². The third-order valence-corrected chi connectivity index (χ3v) is 4.13. The highest BCUT2D eigenvalue weighted by atomic mass is 32.2. The molecule has 2 rings (SSSR count). The minimum atomic E-state index is -1.21. The first-order valence-corrected chi connectivity index (χ1v) is 8.50. The molecule has 0 aliphatic rings. The molecular formula is C15H21N3O3S. The number of hydrogen-bond acceptors (Lipinski definition) is 5. The van der Waals surface area contributed by atoms with Gasteiger partial charge in [-0.1, -0.05) is 18.2 Å². The Morgan fingerprint density at radius 2 is 2.23 bits per heavy atom. The summed E-state index contributed by atoms with van der Waals surface area (Å²) in [5, 5.41) is 3.61. The van der Waals surface area contributed by atoms with Crippen molar-refractivity contribution in [2.45, 2.75) is 17.8 Å². The van der Waals surface area contributed by atoms with Gasteiger partial charge in [-0.3, -0.25) is 9.53 Å². The van der Waals surface area contributed by atoms with Crippen molar-refractivity contribution in [2.75, 3.05) is 26.5 Å². The molecule has 0 fully saturated rings. The molecule has 120 valence electrons. The number of para-hydroxylation sites is 1. The van der Waals surface area contributed by atoms with E-state index in [0.29, 0.717) is 30.9 Å². The minimum absolute atomic E-state index is 0.364. The predicted octanol–water partition coefficient (Wildman–Crippen LogP) is 1.68. The Morgan fingerprint density at radius 1 is 1.36 bits per heavy atom. The summed E-state index contributed by atoms with van der Waals surface area (Å²) in [5.74, 6) is 1.09. The number of H-pyrrole nitrogens is 1. The van der Waals surface area contributed by atoms with Gasteiger partial charge in [0, 0.05) is 31.1 Å². The smallest absolute Gasteiger partial charge is 0.196 e. The molecule has 6 nitrogen and oxygen atoms in total. The van der Waals surface area contributed by atoms with Crippen LogP contribution in [0.15, 0.2) is 41.8 Å². The van der Waals surface area contributed by atoms with E-state index in [0.717, 1.165) is 17.9 Å². The lowest BCUT2D eigenvalue weighted by atomic mass is 10.2. The van der Waals surface area contributed by atoms with Crippen LogP contribution in [-0.4, -0.2) is 40.7 Å². The third kappa shape index (κ3) is 5.25. The number of benzene rings is 1. The van der Waals surface area contributed by atoms with Crippen LogP contribution >= 0.6 is 0 Å². The molecule has 0 saturated carbocycles. The van der Waals surface area contributed by atoms with E-state index in [4.69, 9.17) is 9.47 Å². The number of aromatic nitrogens is 2. The standard InChI is InChI=1S/C15H21N3O3S/c1-2-20-10-9-16-12-21-14-6-4-3-5-13(14)11-22(19)15-17-7-8-18-15/h3-8,16H,2,9-12H2,1H3,(H,17,18). The molecule has 0 amide bonds. The minimum Gasteiger partial charge on any atom is -0.478 e. The summed E-state index contributed by atoms with van der Waals surface area (Å²) in [4.78, 5) is 6.89. The van der Waals surface area contributed by atoms with Crippen molar-refractivity contribution in [3.63, 3.8) is 0 Å². The molecule has 2 aromatic rings. The van der Waals surface area contributed by atoms with Crippen LogP contribution < -0.4 is 10.1 Å². The maximum Gasteiger partial charge on any atom is 0.196 e. The molecule has 7 heteroatoms. The second kappa shape index (κ2) is 9.34. The fraction of sp³-hybridized carbons (Fsp3) is 0.400. The van der Waals surface area contributed by atoms with Crippen LogP contribution in [0.2, 0.25) is 0 Å². The SMILES string of the molecule is CCOCCNCOc1ccccc1CS(=O)c1ncc[nH]1. The average Bonchev–Trinajstić information content (AvgIpc) is 3.07. The van der Waals surface area contributed by atoms with Gasteiger partial charge < -0.3 is 14.5 Å². The second-order valence-electron chi connectivity index (χ2n) is 4.48. The number of nitrogens with one attached hydrogen (secondary N) is 2. The highest BCUT2D eigenvalue weighted by molar-refractivity contribution is 7.84. The summed E-state index contributed by atoms with van der Waals surface area (Å²) in [6, 6.07) is 7.59. The van der Waals surface area contributed by atoms with Crippen molar-refractivity contribution < 1.29 is 13.7 Å². The zero-order chi connectivity index (χ0) is 15.6. The van der Waals surface area contributed by atoms with Crippen LogP contribution in [-0.2, 0) is 21.3 Å². The fourth-order valence-electron chi connectivity index (χ4n) is 1.84. The molecule has 1 aromatic carbocycles. The molecule has 1 unspecified atom stereocenters. The van der Waals surface area contributed by atoms with Gasteiger partial charge >= 0.3 is 0 Å². The largest absolute Gasteiger partial charge is 0.478 e. The van der Waals surface area contributed by atoms with Crippen LogP contribution in [0.25, 0.3) is 0 Å². The molecule has 2 N–H and O–H groups in total. The molecule has 0 spiro atoms. The van der Waals surface area contributed by atoms with Crippen LogP contribution in [0.3, 0.4) is 0 Å². The Hall–Kier alpha value is -1.70. The molecular weight excluding hydrogens is 302 g/mol. The highest BCUT2D eigenvalue weighted by Gasteiger charge is 2.11. The number of hydrogen-bond donors (Lipinski definition) is 2. The van der Waals surface area contributed by atoms with Gasteiger partial charge in [-0.25, -0.2) is 4.98 Å². The van der Waals surface area contributed by atoms with Gasteiger partial charge in [-0.15, -0.1) is 0 Å². The Morgan fingerprint density at radius 3 is 3.00 bits per heavy atom. The molecule has 0 aliphatic heterocycles. The van der Waals surface area contributed by atoms with Gasteiger partial charge in [0.1, 0.15) is 12.5 Å². The van der Waals surface area contributed by atoms with Crippen molar-refractivity contribution >= 4 is 10.8 Å². The van der Waals surface area contributed by atoms with E-state index in [-0.39, 0.29) is 0 Å². The van der Waals surface area contributed by atoms with Crippen molar-refractivity contribution in [2.24, 2.45) is 0 Å². The summed E-state index contributed by atoms with van der Waals surface area (Å²) >= 11 is 0. The normalized spacial score (nSPS) is 12.2. The lowest BCUT2D eigenvalue weighted by Crippen LogP contribution is -2.24. The second-order valence-corrected chi connectivity index (χ2v) is 5.84. The maximum absolute atomic E-state index is 12.2. The summed E-state index contributed by atoms with van der Waals surface area (Å²) in [6.07, 6.45) is 3.26. The maximum atomic E-state index is 12.2. The number of aromatic amines is 1. The number of nitrogens with zero attached hydrogens (tertiary/aromatic N) is 1. The summed E-state index contributed by atoms with van der Waals surface area (Å²) in [7, 11) is -1.21. The summed E-state index contributed by atoms with van der Waals surface area (Å²) in [5.41, 5.74) is 0.892. The summed E-state index contributed by atoms with van der Waals surface area (Å²) in [6.45, 7) is 4.45. The van der Waals surface area contributed by atoms with Gasteiger partial charge in [0.05, 0.1) is 23.2 Å². The average molecular weight is 323 g/mol. The molecule has 0 aliphatic carbocycles. The van der Waals surface area contributed by atoms with Gasteiger partial charge in [-0.2, -0.15) is 0 Å². The molecule has 0 radical (unpaired) electrons. The van der Waals surface area contributed by atoms with E-state index in [1.165, 1.54) is 0 Å². The van der Waals surface area contributed by atoms with E-state index >= 15 is 0 Å². The van der Waals surface area contributed by atoms with E-state index < -0.39 is 10.8 Å². The molecule has 0 bridgehead atoms. The Balaban J connectivity index is 1.85. The van der Waals surface area contributed by atoms with Crippen LogP contribution in [0, 0.1) is 0 Å². The Bertz CT molecular complexity index is 575. The Kier molecular flexibility index (Phi) is 7.08. The monoisotopic (exact) mass is 323 g/mol. The lowest BCUT2D eigenvalue weighted by Gasteiger charge is -2.11. The molecule has 0 saturated heterocycles. The van der Waals surface area contributed by atoms with Crippen molar-refractivity contribution in [3.8, 4) is 5.75 Å². The predicted molar refractivity (Wildman–Crippen MR) is 85.1 cm³/mol. The van der Waals surface area contributed by atoms with E-state index in [1.54, 1.807) is 12.4 Å². The number of rotatable bonds is 10. The molecule has 1 aromatic heterocycles. The third-order valence-electron chi connectivity index (χ3n) is 2.91. The van der Waals surface area contributed by atoms with E-state index in [2.05, 4.69) is 15.3 Å². The van der Waals surface area contributed by atoms with Gasteiger partial charge in [0.2, 0.25) is 0 Å². The van der Waals surface area contributed by atoms with Gasteiger partial charge in [0.25, 0.3) is 0 Å². The van der Waals surface area contributed by atoms with Crippen LogP contribution in [0.1, 0.15) is 12.5 Å². The molecule has 1 atom stereocenters. The first-order chi connectivity index (χ1) is 10.8. The first-order valence-electron chi connectivity index (χ1n) is 7.18. The van der Waals surface area contributed by atoms with Crippen LogP contribution in [0.4, 0.5) is 0 Å². The fourth-order valence-corrected chi connectivity index (χ4v) is 2.87. The zero-order valence-corrected chi connectivity index (χ0v) is 13.4. The topological polar surface area (TPSA) is 76.2 Å². The van der Waals surface area contributed by atoms with Gasteiger partial charge in [0.15, 0.2) is 5.16 Å². The van der Waals surface area contributed by atoms with E-state index in [1.807, 2.05) is 31.2 Å². The highest BCUT2D eigenvalue weighted by Crippen LogP contribution is 2.20.